The molecule has 0 unspecified atom stereocenters. The standard InChI is InChI=1S/C22H54O3Si4/c1-19(2,23-29(17,18)22(7,8)24-27(12,13)14)20(3,4)28(15,16)25-21(5,6)26(9,10)11/h1-18H3. The summed E-state index contributed by atoms with van der Waals surface area (Å²) in [6.07, 6.45) is 0. The van der Waals surface area contributed by atoms with Crippen LogP contribution in [0.25, 0.3) is 0 Å². The van der Waals surface area contributed by atoms with Crippen LogP contribution in [0.15, 0.2) is 0 Å². The molecule has 0 amide bonds. The van der Waals surface area contributed by atoms with Crippen molar-refractivity contribution in [1.29, 1.82) is 0 Å². The molecular weight excluding hydrogens is 425 g/mol. The van der Waals surface area contributed by atoms with Crippen LogP contribution in [-0.2, 0) is 13.3 Å². The first-order valence-corrected chi connectivity index (χ1v) is 23.9. The third-order valence-corrected chi connectivity index (χ3v) is 21.7. The normalized spacial score (nSPS) is 16.3. The second kappa shape index (κ2) is 8.27. The van der Waals surface area contributed by atoms with Crippen molar-refractivity contribution in [2.75, 3.05) is 0 Å². The lowest BCUT2D eigenvalue weighted by Gasteiger charge is -2.57. The monoisotopic (exact) mass is 478 g/mol. The Balaban J connectivity index is 5.92. The van der Waals surface area contributed by atoms with E-state index in [1.54, 1.807) is 0 Å². The molecule has 0 saturated carbocycles. The maximum absolute atomic E-state index is 7.09. The predicted octanol–water partition coefficient (Wildman–Crippen LogP) is 7.81. The van der Waals surface area contributed by atoms with Crippen molar-refractivity contribution in [3.63, 3.8) is 0 Å². The van der Waals surface area contributed by atoms with Crippen LogP contribution in [-0.4, -0.2) is 49.1 Å². The van der Waals surface area contributed by atoms with Crippen LogP contribution in [0, 0.1) is 0 Å². The van der Waals surface area contributed by atoms with Crippen LogP contribution < -0.4 is 0 Å². The molecule has 0 aliphatic rings. The minimum atomic E-state index is -2.17. The summed E-state index contributed by atoms with van der Waals surface area (Å²) in [5.41, 5.74) is -0.311. The molecule has 0 heterocycles. The molecule has 0 aromatic rings. The molecule has 29 heavy (non-hydrogen) atoms. The van der Waals surface area contributed by atoms with Gasteiger partial charge in [-0.1, -0.05) is 33.5 Å². The van der Waals surface area contributed by atoms with Gasteiger partial charge >= 0.3 is 0 Å². The Morgan fingerprint density at radius 1 is 0.448 bits per heavy atom. The Hall–Kier alpha value is 0.748. The fourth-order valence-corrected chi connectivity index (χ4v) is 13.8. The van der Waals surface area contributed by atoms with Gasteiger partial charge in [0.05, 0.1) is 18.9 Å². The SMILES string of the molecule is CC(C)(O[Si](C)(C)C(C)(C)O[Si](C)(C)C)C(C)(C)[Si](C)(C)OC(C)(C)[Si](C)(C)C. The van der Waals surface area contributed by atoms with E-state index in [9.17, 15) is 0 Å². The Morgan fingerprint density at radius 3 is 1.14 bits per heavy atom. The third kappa shape index (κ3) is 6.86. The molecule has 0 fully saturated rings. The maximum atomic E-state index is 7.09. The molecule has 7 heteroatoms. The van der Waals surface area contributed by atoms with Gasteiger partial charge in [0.2, 0.25) is 8.32 Å². The van der Waals surface area contributed by atoms with Gasteiger partial charge in [0.15, 0.2) is 16.6 Å². The van der Waals surface area contributed by atoms with E-state index in [1.807, 2.05) is 0 Å². The fraction of sp³-hybridized carbons (Fsp3) is 1.00. The van der Waals surface area contributed by atoms with E-state index in [2.05, 4.69) is 121 Å². The van der Waals surface area contributed by atoms with E-state index in [4.69, 9.17) is 13.3 Å². The Bertz CT molecular complexity index is 566. The molecule has 0 radical (unpaired) electrons. The summed E-state index contributed by atoms with van der Waals surface area (Å²) in [6, 6.07) is 0. The Kier molecular flexibility index (Phi) is 8.48. The van der Waals surface area contributed by atoms with Crippen LogP contribution >= 0.6 is 0 Å². The minimum Gasteiger partial charge on any atom is -0.415 e. The van der Waals surface area contributed by atoms with Crippen molar-refractivity contribution < 1.29 is 13.3 Å². The van der Waals surface area contributed by atoms with Crippen LogP contribution in [0.3, 0.4) is 0 Å². The van der Waals surface area contributed by atoms with Crippen LogP contribution in [0.5, 0.6) is 0 Å². The lowest BCUT2D eigenvalue weighted by molar-refractivity contribution is 0.0166. The van der Waals surface area contributed by atoms with Crippen LogP contribution in [0.1, 0.15) is 55.4 Å². The number of rotatable bonds is 10. The first-order valence-electron chi connectivity index (χ1n) is 11.2. The lowest BCUT2D eigenvalue weighted by Crippen LogP contribution is -2.66. The van der Waals surface area contributed by atoms with Crippen molar-refractivity contribution in [3.05, 3.63) is 0 Å². The van der Waals surface area contributed by atoms with Gasteiger partial charge in [-0.05, 0) is 87.4 Å². The van der Waals surface area contributed by atoms with Gasteiger partial charge in [0, 0.05) is 10.3 Å². The summed E-state index contributed by atoms with van der Waals surface area (Å²) in [4.78, 5) is 0. The molecule has 0 aromatic carbocycles. The van der Waals surface area contributed by atoms with Crippen molar-refractivity contribution in [2.45, 2.75) is 142 Å². The van der Waals surface area contributed by atoms with E-state index < -0.39 is 33.0 Å². The zero-order valence-corrected chi connectivity index (χ0v) is 27.2. The molecule has 0 aliphatic heterocycles. The molecule has 0 atom stereocenters. The molecule has 3 nitrogen and oxygen atoms in total. The molecule has 0 spiro atoms. The zero-order chi connectivity index (χ0) is 24.1. The smallest absolute Gasteiger partial charge is 0.216 e. The van der Waals surface area contributed by atoms with Crippen LogP contribution in [0.4, 0.5) is 0 Å². The zero-order valence-electron chi connectivity index (χ0n) is 23.2. The average Bonchev–Trinajstić information content (AvgIpc) is 2.30. The van der Waals surface area contributed by atoms with E-state index in [0.717, 1.165) is 0 Å². The molecule has 0 rings (SSSR count). The van der Waals surface area contributed by atoms with E-state index >= 15 is 0 Å². The summed E-state index contributed by atoms with van der Waals surface area (Å²) in [5.74, 6) is 0. The highest BCUT2D eigenvalue weighted by Gasteiger charge is 2.58. The second-order valence-electron chi connectivity index (χ2n) is 13.8. The topological polar surface area (TPSA) is 27.7 Å². The van der Waals surface area contributed by atoms with Gasteiger partial charge in [0.25, 0.3) is 0 Å². The van der Waals surface area contributed by atoms with Crippen molar-refractivity contribution in [1.82, 2.24) is 0 Å². The summed E-state index contributed by atoms with van der Waals surface area (Å²) >= 11 is 0. The van der Waals surface area contributed by atoms with Gasteiger partial charge in [-0.15, -0.1) is 0 Å². The summed E-state index contributed by atoms with van der Waals surface area (Å²) in [7, 11) is -7.43. The van der Waals surface area contributed by atoms with Crippen molar-refractivity contribution >= 4 is 33.0 Å². The van der Waals surface area contributed by atoms with Crippen LogP contribution in [0.2, 0.25) is 70.5 Å². The minimum absolute atomic E-state index is 0.0662. The van der Waals surface area contributed by atoms with Gasteiger partial charge in [-0.3, -0.25) is 0 Å². The van der Waals surface area contributed by atoms with E-state index in [1.165, 1.54) is 0 Å². The van der Waals surface area contributed by atoms with Gasteiger partial charge in [0.1, 0.15) is 0 Å². The maximum Gasteiger partial charge on any atom is 0.216 e. The molecule has 0 saturated heterocycles. The fourth-order valence-electron chi connectivity index (χ4n) is 3.42. The van der Waals surface area contributed by atoms with Gasteiger partial charge in [-0.25, -0.2) is 0 Å². The largest absolute Gasteiger partial charge is 0.415 e. The second-order valence-corrected chi connectivity index (χ2v) is 32.9. The molecular formula is C22H54O3Si4. The Labute approximate surface area is 188 Å². The first-order chi connectivity index (χ1) is 12.1. The quantitative estimate of drug-likeness (QED) is 0.299. The van der Waals surface area contributed by atoms with Crippen molar-refractivity contribution in [3.8, 4) is 0 Å². The molecule has 0 bridgehead atoms. The first kappa shape index (κ1) is 29.7. The summed E-state index contributed by atoms with van der Waals surface area (Å²) < 4.78 is 20.7. The highest BCUT2D eigenvalue weighted by molar-refractivity contribution is 6.81. The van der Waals surface area contributed by atoms with Gasteiger partial charge in [-0.2, -0.15) is 0 Å². The predicted molar refractivity (Wildman–Crippen MR) is 141 cm³/mol. The van der Waals surface area contributed by atoms with Gasteiger partial charge < -0.3 is 13.3 Å². The summed E-state index contributed by atoms with van der Waals surface area (Å²) in [5, 5.41) is -0.380. The summed E-state index contributed by atoms with van der Waals surface area (Å²) in [6.45, 7) is 41.7. The highest BCUT2D eigenvalue weighted by Crippen LogP contribution is 2.52. The van der Waals surface area contributed by atoms with E-state index in [0.29, 0.717) is 0 Å². The molecule has 176 valence electrons. The molecule has 0 N–H and O–H groups in total. The average molecular weight is 479 g/mol. The molecule has 0 aliphatic carbocycles. The van der Waals surface area contributed by atoms with Crippen molar-refractivity contribution in [2.24, 2.45) is 0 Å². The Morgan fingerprint density at radius 2 is 0.828 bits per heavy atom. The number of hydrogen-bond acceptors (Lipinski definition) is 3. The number of hydrogen-bond donors (Lipinski definition) is 0. The highest BCUT2D eigenvalue weighted by atomic mass is 28.4. The molecule has 0 aromatic heterocycles. The van der Waals surface area contributed by atoms with E-state index in [-0.39, 0.29) is 21.1 Å². The third-order valence-electron chi connectivity index (χ3n) is 7.85. The lowest BCUT2D eigenvalue weighted by atomic mass is 9.94.